The zero-order chi connectivity index (χ0) is 21.5. The van der Waals surface area contributed by atoms with Crippen molar-refractivity contribution in [2.24, 2.45) is 0 Å². The molecule has 7 heteroatoms. The van der Waals surface area contributed by atoms with Crippen molar-refractivity contribution in [3.8, 4) is 0 Å². The third kappa shape index (κ3) is 10.8. The summed E-state index contributed by atoms with van der Waals surface area (Å²) in [6.07, 6.45) is 7.17. The Morgan fingerprint density at radius 2 is 1.59 bits per heavy atom. The van der Waals surface area contributed by atoms with Crippen molar-refractivity contribution < 1.29 is 14.7 Å². The van der Waals surface area contributed by atoms with Crippen LogP contribution >= 0.6 is 23.2 Å². The molecule has 29 heavy (non-hydrogen) atoms. The second-order valence-corrected chi connectivity index (χ2v) is 7.97. The van der Waals surface area contributed by atoms with Crippen molar-refractivity contribution in [1.29, 1.82) is 0 Å². The van der Waals surface area contributed by atoms with E-state index in [1.54, 1.807) is 0 Å². The third-order valence-corrected chi connectivity index (χ3v) is 5.18. The molecule has 0 fully saturated rings. The molecule has 0 bridgehead atoms. The van der Waals surface area contributed by atoms with Gasteiger partial charge in [0, 0.05) is 43.4 Å². The Balaban J connectivity index is 2.54. The fourth-order valence-electron chi connectivity index (χ4n) is 3.19. The van der Waals surface area contributed by atoms with Gasteiger partial charge in [-0.25, -0.2) is 4.79 Å². The zero-order valence-corrected chi connectivity index (χ0v) is 18.9. The van der Waals surface area contributed by atoms with Crippen LogP contribution in [-0.2, 0) is 16.0 Å². The highest BCUT2D eigenvalue weighted by Gasteiger charge is 2.20. The summed E-state index contributed by atoms with van der Waals surface area (Å²) in [6.45, 7) is 3.56. The number of hydrogen-bond donors (Lipinski definition) is 2. The van der Waals surface area contributed by atoms with Crippen LogP contribution in [0.2, 0.25) is 0 Å². The number of carbonyl (C=O) groups excluding carboxylic acids is 1. The van der Waals surface area contributed by atoms with Crippen LogP contribution in [0.1, 0.15) is 57.4 Å². The molecule has 2 N–H and O–H groups in total. The van der Waals surface area contributed by atoms with Crippen LogP contribution in [0, 0.1) is 0 Å². The fourth-order valence-corrected chi connectivity index (χ4v) is 3.59. The summed E-state index contributed by atoms with van der Waals surface area (Å²) in [5.41, 5.74) is 1.85. The minimum atomic E-state index is -1.02. The van der Waals surface area contributed by atoms with E-state index in [4.69, 9.17) is 23.2 Å². The van der Waals surface area contributed by atoms with E-state index in [2.05, 4.69) is 17.1 Å². The predicted octanol–water partition coefficient (Wildman–Crippen LogP) is 4.83. The first-order chi connectivity index (χ1) is 14.0. The van der Waals surface area contributed by atoms with Gasteiger partial charge in [0.1, 0.15) is 6.04 Å². The van der Waals surface area contributed by atoms with Crippen molar-refractivity contribution in [2.45, 2.75) is 64.3 Å². The number of benzene rings is 1. The number of rotatable bonds is 16. The molecule has 0 radical (unpaired) electrons. The maximum Gasteiger partial charge on any atom is 0.326 e. The SMILES string of the molecule is CCCCCCCCC(=O)N[C@@H](Cc1ccc(N(CCCl)CCCl)cc1)C(=O)O. The Morgan fingerprint density at radius 3 is 2.14 bits per heavy atom. The number of hydrogen-bond acceptors (Lipinski definition) is 3. The van der Waals surface area contributed by atoms with Crippen LogP contribution in [0.5, 0.6) is 0 Å². The van der Waals surface area contributed by atoms with Crippen molar-refractivity contribution in [3.63, 3.8) is 0 Å². The molecule has 0 spiro atoms. The third-order valence-electron chi connectivity index (χ3n) is 4.84. The number of carbonyl (C=O) groups is 2. The second-order valence-electron chi connectivity index (χ2n) is 7.21. The van der Waals surface area contributed by atoms with Gasteiger partial charge >= 0.3 is 5.97 Å². The number of carboxylic acid groups (broad SMARTS) is 1. The Bertz CT molecular complexity index is 590. The lowest BCUT2D eigenvalue weighted by Gasteiger charge is -2.23. The quantitative estimate of drug-likeness (QED) is 0.282. The van der Waals surface area contributed by atoms with E-state index >= 15 is 0 Å². The highest BCUT2D eigenvalue weighted by atomic mass is 35.5. The van der Waals surface area contributed by atoms with E-state index < -0.39 is 12.0 Å². The van der Waals surface area contributed by atoms with Crippen LogP contribution in [0.4, 0.5) is 5.69 Å². The number of aliphatic carboxylic acids is 1. The van der Waals surface area contributed by atoms with Gasteiger partial charge in [0.25, 0.3) is 0 Å². The van der Waals surface area contributed by atoms with Crippen LogP contribution in [0.25, 0.3) is 0 Å². The zero-order valence-electron chi connectivity index (χ0n) is 17.3. The monoisotopic (exact) mass is 444 g/mol. The molecule has 0 aliphatic heterocycles. The predicted molar refractivity (Wildman–Crippen MR) is 121 cm³/mol. The Hall–Kier alpha value is -1.46. The van der Waals surface area contributed by atoms with Crippen molar-refractivity contribution in [2.75, 3.05) is 29.7 Å². The molecule has 0 aliphatic rings. The number of alkyl halides is 2. The number of nitrogens with one attached hydrogen (secondary N) is 1. The molecular weight excluding hydrogens is 411 g/mol. The van der Waals surface area contributed by atoms with E-state index in [-0.39, 0.29) is 12.3 Å². The summed E-state index contributed by atoms with van der Waals surface area (Å²) in [4.78, 5) is 25.8. The van der Waals surface area contributed by atoms with E-state index in [9.17, 15) is 14.7 Å². The minimum Gasteiger partial charge on any atom is -0.480 e. The van der Waals surface area contributed by atoms with Crippen molar-refractivity contribution in [3.05, 3.63) is 29.8 Å². The van der Waals surface area contributed by atoms with Crippen LogP contribution in [0.3, 0.4) is 0 Å². The molecule has 1 amide bonds. The molecule has 0 saturated heterocycles. The summed E-state index contributed by atoms with van der Waals surface area (Å²) in [7, 11) is 0. The van der Waals surface area contributed by atoms with Gasteiger partial charge in [-0.2, -0.15) is 0 Å². The molecule has 1 atom stereocenters. The first-order valence-electron chi connectivity index (χ1n) is 10.5. The normalized spacial score (nSPS) is 11.8. The summed E-state index contributed by atoms with van der Waals surface area (Å²) >= 11 is 11.7. The Labute approximate surface area is 184 Å². The van der Waals surface area contributed by atoms with E-state index in [0.717, 1.165) is 30.5 Å². The largest absolute Gasteiger partial charge is 0.480 e. The average molecular weight is 445 g/mol. The Kier molecular flexibility index (Phi) is 13.6. The molecule has 1 aromatic rings. The fraction of sp³-hybridized carbons (Fsp3) is 0.636. The van der Waals surface area contributed by atoms with E-state index in [1.807, 2.05) is 24.3 Å². The van der Waals surface area contributed by atoms with Gasteiger partial charge in [-0.05, 0) is 24.1 Å². The summed E-state index contributed by atoms with van der Waals surface area (Å²) < 4.78 is 0. The average Bonchev–Trinajstić information content (AvgIpc) is 2.70. The van der Waals surface area contributed by atoms with Crippen LogP contribution < -0.4 is 10.2 Å². The van der Waals surface area contributed by atoms with Crippen LogP contribution in [0.15, 0.2) is 24.3 Å². The number of unbranched alkanes of at least 4 members (excludes halogenated alkanes) is 5. The van der Waals surface area contributed by atoms with Gasteiger partial charge in [-0.1, -0.05) is 51.2 Å². The summed E-state index contributed by atoms with van der Waals surface area (Å²) in [5, 5.41) is 12.1. The van der Waals surface area contributed by atoms with Crippen molar-refractivity contribution >= 4 is 40.8 Å². The maximum atomic E-state index is 12.1. The highest BCUT2D eigenvalue weighted by molar-refractivity contribution is 6.18. The summed E-state index contributed by atoms with van der Waals surface area (Å²) in [6, 6.07) is 6.73. The molecule has 0 heterocycles. The molecule has 1 aromatic carbocycles. The standard InChI is InChI=1S/C22H34Cl2N2O3/c1-2-3-4-5-6-7-8-21(27)25-20(22(28)29)17-18-9-11-19(12-10-18)26(15-13-23)16-14-24/h9-12,20H,2-8,13-17H2,1H3,(H,25,27)(H,28,29)/t20-/m0/s1. The number of amides is 1. The second kappa shape index (κ2) is 15.4. The smallest absolute Gasteiger partial charge is 0.326 e. The summed E-state index contributed by atoms with van der Waals surface area (Å²) in [5.74, 6) is -0.203. The first kappa shape index (κ1) is 25.6. The lowest BCUT2D eigenvalue weighted by atomic mass is 10.0. The molecule has 164 valence electrons. The van der Waals surface area contributed by atoms with Gasteiger partial charge in [-0.3, -0.25) is 4.79 Å². The molecule has 5 nitrogen and oxygen atoms in total. The molecule has 0 aromatic heterocycles. The highest BCUT2D eigenvalue weighted by Crippen LogP contribution is 2.17. The van der Waals surface area contributed by atoms with E-state index in [1.165, 1.54) is 19.3 Å². The first-order valence-corrected chi connectivity index (χ1v) is 11.6. The molecule has 0 aliphatic carbocycles. The van der Waals surface area contributed by atoms with Crippen LogP contribution in [-0.4, -0.2) is 47.9 Å². The van der Waals surface area contributed by atoms with Gasteiger partial charge in [0.05, 0.1) is 0 Å². The van der Waals surface area contributed by atoms with Gasteiger partial charge in [0.2, 0.25) is 5.91 Å². The lowest BCUT2D eigenvalue weighted by Crippen LogP contribution is -2.42. The minimum absolute atomic E-state index is 0.195. The lowest BCUT2D eigenvalue weighted by molar-refractivity contribution is -0.141. The van der Waals surface area contributed by atoms with Crippen molar-refractivity contribution in [1.82, 2.24) is 5.32 Å². The van der Waals surface area contributed by atoms with Gasteiger partial charge in [-0.15, -0.1) is 23.2 Å². The topological polar surface area (TPSA) is 69.6 Å². The van der Waals surface area contributed by atoms with E-state index in [0.29, 0.717) is 31.3 Å². The molecule has 0 saturated carbocycles. The number of carboxylic acids is 1. The number of halogens is 2. The van der Waals surface area contributed by atoms with Gasteiger partial charge < -0.3 is 15.3 Å². The van der Waals surface area contributed by atoms with Gasteiger partial charge in [0.15, 0.2) is 0 Å². The maximum absolute atomic E-state index is 12.1. The number of nitrogens with zero attached hydrogens (tertiary/aromatic N) is 1. The molecular formula is C22H34Cl2N2O3. The molecule has 0 unspecified atom stereocenters. The molecule has 1 rings (SSSR count). The Morgan fingerprint density at radius 1 is 1.00 bits per heavy atom. The number of anilines is 1.